The van der Waals surface area contributed by atoms with E-state index < -0.39 is 18.1 Å². The third-order valence-corrected chi connectivity index (χ3v) is 1.99. The Balaban J connectivity index is 2.42. The molecule has 1 N–H and O–H groups in total. The second kappa shape index (κ2) is 4.40. The summed E-state index contributed by atoms with van der Waals surface area (Å²) in [5.41, 5.74) is 0. The van der Waals surface area contributed by atoms with Crippen LogP contribution in [-0.2, 0) is 9.53 Å². The van der Waals surface area contributed by atoms with Crippen molar-refractivity contribution in [3.05, 3.63) is 0 Å². The van der Waals surface area contributed by atoms with Crippen molar-refractivity contribution in [1.29, 1.82) is 0 Å². The highest BCUT2D eigenvalue weighted by molar-refractivity contribution is 5.73. The van der Waals surface area contributed by atoms with Gasteiger partial charge in [-0.25, -0.2) is 4.39 Å². The van der Waals surface area contributed by atoms with Crippen molar-refractivity contribution in [3.63, 3.8) is 0 Å². The Morgan fingerprint density at radius 3 is 3.08 bits per heavy atom. The zero-order valence-corrected chi connectivity index (χ0v) is 7.18. The number of carbonyl (C=O) groups is 1. The zero-order valence-electron chi connectivity index (χ0n) is 7.18. The minimum Gasteiger partial charge on any atom is -0.466 e. The van der Waals surface area contributed by atoms with E-state index in [0.29, 0.717) is 26.1 Å². The number of esters is 1. The summed E-state index contributed by atoms with van der Waals surface area (Å²) in [4.78, 5) is 11.1. The van der Waals surface area contributed by atoms with E-state index in [1.54, 1.807) is 6.92 Å². The van der Waals surface area contributed by atoms with Gasteiger partial charge in [0.1, 0.15) is 12.1 Å². The van der Waals surface area contributed by atoms with Crippen LogP contribution >= 0.6 is 0 Å². The topological polar surface area (TPSA) is 38.3 Å². The average Bonchev–Trinajstić information content (AvgIpc) is 2.05. The fraction of sp³-hybridized carbons (Fsp3) is 0.875. The summed E-state index contributed by atoms with van der Waals surface area (Å²) < 4.78 is 17.8. The number of hydrogen-bond acceptors (Lipinski definition) is 3. The maximum Gasteiger partial charge on any atom is 0.313 e. The van der Waals surface area contributed by atoms with Gasteiger partial charge in [0.15, 0.2) is 0 Å². The fourth-order valence-electron chi connectivity index (χ4n) is 1.31. The van der Waals surface area contributed by atoms with Gasteiger partial charge in [-0.1, -0.05) is 0 Å². The van der Waals surface area contributed by atoms with Crippen LogP contribution in [0.2, 0.25) is 0 Å². The van der Waals surface area contributed by atoms with Crippen molar-refractivity contribution in [2.45, 2.75) is 19.5 Å². The summed E-state index contributed by atoms with van der Waals surface area (Å²) in [5.74, 6) is -1.02. The van der Waals surface area contributed by atoms with Crippen molar-refractivity contribution < 1.29 is 13.9 Å². The molecule has 0 spiro atoms. The Bertz CT molecular complexity index is 163. The first-order valence-electron chi connectivity index (χ1n) is 4.27. The van der Waals surface area contributed by atoms with Crippen molar-refractivity contribution >= 4 is 5.97 Å². The lowest BCUT2D eigenvalue weighted by atomic mass is 9.98. The molecule has 0 amide bonds. The second-order valence-corrected chi connectivity index (χ2v) is 2.87. The van der Waals surface area contributed by atoms with Gasteiger partial charge in [0.2, 0.25) is 0 Å². The smallest absolute Gasteiger partial charge is 0.313 e. The standard InChI is InChI=1S/C8H14FNO2/c1-2-12-8(11)6-5-10-4-3-7(6)9/h6-7,10H,2-5H2,1H3/t6-,7+/m1/s1. The third-order valence-electron chi connectivity index (χ3n) is 1.99. The largest absolute Gasteiger partial charge is 0.466 e. The molecule has 12 heavy (non-hydrogen) atoms. The maximum absolute atomic E-state index is 13.1. The van der Waals surface area contributed by atoms with Gasteiger partial charge >= 0.3 is 5.97 Å². The lowest BCUT2D eigenvalue weighted by molar-refractivity contribution is -0.150. The van der Waals surface area contributed by atoms with E-state index >= 15 is 0 Å². The minimum atomic E-state index is -1.04. The molecule has 0 aromatic carbocycles. The summed E-state index contributed by atoms with van der Waals surface area (Å²) in [7, 11) is 0. The lowest BCUT2D eigenvalue weighted by Crippen LogP contribution is -2.42. The zero-order chi connectivity index (χ0) is 8.97. The number of hydrogen-bond donors (Lipinski definition) is 1. The highest BCUT2D eigenvalue weighted by Crippen LogP contribution is 2.16. The normalized spacial score (nSPS) is 29.8. The van der Waals surface area contributed by atoms with Crippen molar-refractivity contribution in [1.82, 2.24) is 5.32 Å². The third kappa shape index (κ3) is 2.17. The van der Waals surface area contributed by atoms with Crippen molar-refractivity contribution in [3.8, 4) is 0 Å². The molecule has 1 aliphatic rings. The molecule has 0 aliphatic carbocycles. The molecule has 3 nitrogen and oxygen atoms in total. The molecule has 1 fully saturated rings. The first-order chi connectivity index (χ1) is 5.75. The van der Waals surface area contributed by atoms with Gasteiger partial charge in [-0.2, -0.15) is 0 Å². The first kappa shape index (κ1) is 9.45. The summed E-state index contributed by atoms with van der Waals surface area (Å²) in [5, 5.41) is 2.96. The number of rotatable bonds is 2. The molecule has 70 valence electrons. The molecule has 0 unspecified atom stereocenters. The average molecular weight is 175 g/mol. The summed E-state index contributed by atoms with van der Waals surface area (Å²) >= 11 is 0. The van der Waals surface area contributed by atoms with Crippen molar-refractivity contribution in [2.75, 3.05) is 19.7 Å². The molecular weight excluding hydrogens is 161 g/mol. The predicted molar refractivity (Wildman–Crippen MR) is 42.5 cm³/mol. The van der Waals surface area contributed by atoms with Crippen LogP contribution in [-0.4, -0.2) is 31.8 Å². The van der Waals surface area contributed by atoms with Crippen LogP contribution < -0.4 is 5.32 Å². The van der Waals surface area contributed by atoms with Gasteiger partial charge in [-0.05, 0) is 19.9 Å². The molecule has 1 rings (SSSR count). The van der Waals surface area contributed by atoms with Gasteiger partial charge in [-0.3, -0.25) is 4.79 Å². The Kier molecular flexibility index (Phi) is 3.47. The fourth-order valence-corrected chi connectivity index (χ4v) is 1.31. The number of ether oxygens (including phenoxy) is 1. The van der Waals surface area contributed by atoms with Gasteiger partial charge in [0, 0.05) is 6.54 Å². The highest BCUT2D eigenvalue weighted by Gasteiger charge is 2.31. The number of alkyl halides is 1. The molecule has 0 saturated carbocycles. The Labute approximate surface area is 71.3 Å². The van der Waals surface area contributed by atoms with Gasteiger partial charge in [-0.15, -0.1) is 0 Å². The molecule has 2 atom stereocenters. The molecule has 0 bridgehead atoms. The van der Waals surface area contributed by atoms with E-state index in [4.69, 9.17) is 4.74 Å². The predicted octanol–water partition coefficient (Wildman–Crippen LogP) is 0.497. The van der Waals surface area contributed by atoms with E-state index in [2.05, 4.69) is 5.32 Å². The van der Waals surface area contributed by atoms with Crippen LogP contribution in [0.3, 0.4) is 0 Å². The van der Waals surface area contributed by atoms with E-state index in [9.17, 15) is 9.18 Å². The van der Waals surface area contributed by atoms with Gasteiger partial charge in [0.25, 0.3) is 0 Å². The number of piperidine rings is 1. The first-order valence-corrected chi connectivity index (χ1v) is 4.27. The summed E-state index contributed by atoms with van der Waals surface area (Å²) in [6, 6.07) is 0. The van der Waals surface area contributed by atoms with Crippen molar-refractivity contribution in [2.24, 2.45) is 5.92 Å². The van der Waals surface area contributed by atoms with E-state index in [-0.39, 0.29) is 0 Å². The summed E-state index contributed by atoms with van der Waals surface area (Å²) in [6.45, 7) is 3.10. The van der Waals surface area contributed by atoms with E-state index in [1.165, 1.54) is 0 Å². The molecule has 1 heterocycles. The molecule has 0 aromatic heterocycles. The van der Waals surface area contributed by atoms with Gasteiger partial charge in [0.05, 0.1) is 6.61 Å². The molecular formula is C8H14FNO2. The van der Waals surface area contributed by atoms with Crippen LogP contribution in [0.15, 0.2) is 0 Å². The lowest BCUT2D eigenvalue weighted by Gasteiger charge is -2.24. The van der Waals surface area contributed by atoms with Crippen LogP contribution in [0.1, 0.15) is 13.3 Å². The molecule has 1 aliphatic heterocycles. The number of nitrogens with one attached hydrogen (secondary N) is 1. The maximum atomic E-state index is 13.1. The number of carbonyl (C=O) groups excluding carboxylic acids is 1. The molecule has 4 heteroatoms. The minimum absolute atomic E-state index is 0.321. The molecule has 0 radical (unpaired) electrons. The molecule has 0 aromatic rings. The second-order valence-electron chi connectivity index (χ2n) is 2.87. The van der Waals surface area contributed by atoms with Crippen LogP contribution in [0.4, 0.5) is 4.39 Å². The monoisotopic (exact) mass is 175 g/mol. The Morgan fingerprint density at radius 2 is 2.50 bits per heavy atom. The number of halogens is 1. The Hall–Kier alpha value is -0.640. The highest BCUT2D eigenvalue weighted by atomic mass is 19.1. The van der Waals surface area contributed by atoms with Crippen LogP contribution in [0.5, 0.6) is 0 Å². The van der Waals surface area contributed by atoms with Gasteiger partial charge < -0.3 is 10.1 Å². The van der Waals surface area contributed by atoms with Crippen LogP contribution in [0.25, 0.3) is 0 Å². The van der Waals surface area contributed by atoms with E-state index in [1.807, 2.05) is 0 Å². The van der Waals surface area contributed by atoms with E-state index in [0.717, 1.165) is 0 Å². The summed E-state index contributed by atoms with van der Waals surface area (Å²) in [6.07, 6.45) is -0.631. The van der Waals surface area contributed by atoms with Crippen LogP contribution in [0, 0.1) is 5.92 Å². The molecule has 1 saturated heterocycles. The Morgan fingerprint density at radius 1 is 1.75 bits per heavy atom. The quantitative estimate of drug-likeness (QED) is 0.621. The SMILES string of the molecule is CCOC(=O)[C@@H]1CNCC[C@@H]1F.